The third kappa shape index (κ3) is 1.31. The lowest BCUT2D eigenvalue weighted by Gasteiger charge is -1.97. The average Bonchev–Trinajstić information content (AvgIpc) is 2.44. The third-order valence-corrected chi connectivity index (χ3v) is 3.38. The Morgan fingerprint density at radius 3 is 3.00 bits per heavy atom. The van der Waals surface area contributed by atoms with Gasteiger partial charge < -0.3 is 3.53 Å². The van der Waals surface area contributed by atoms with E-state index in [4.69, 9.17) is 0 Å². The Hall–Kier alpha value is -0.290. The van der Waals surface area contributed by atoms with E-state index in [2.05, 4.69) is 57.6 Å². The minimum absolute atomic E-state index is 1.21. The van der Waals surface area contributed by atoms with Crippen LogP contribution in [0.15, 0.2) is 24.3 Å². The summed E-state index contributed by atoms with van der Waals surface area (Å²) in [6, 6.07) is 8.56. The Balaban J connectivity index is 2.78. The van der Waals surface area contributed by atoms with Gasteiger partial charge in [0.2, 0.25) is 0 Å². The lowest BCUT2D eigenvalue weighted by Crippen LogP contribution is -1.77. The maximum absolute atomic E-state index is 3.16. The minimum Gasteiger partial charge on any atom is -0.328 e. The predicted molar refractivity (Wildman–Crippen MR) is 64.2 cm³/mol. The largest absolute Gasteiger partial charge is 0.328 e. The van der Waals surface area contributed by atoms with E-state index >= 15 is 0 Å². The van der Waals surface area contributed by atoms with E-state index in [1.54, 1.807) is 0 Å². The molecule has 62 valence electrons. The lowest BCUT2D eigenvalue weighted by molar-refractivity contribution is 1.65. The fourth-order valence-electron chi connectivity index (χ4n) is 1.27. The van der Waals surface area contributed by atoms with Gasteiger partial charge in [0.15, 0.2) is 0 Å². The van der Waals surface area contributed by atoms with Crippen LogP contribution in [0.3, 0.4) is 0 Å². The zero-order valence-electron chi connectivity index (χ0n) is 6.60. The van der Waals surface area contributed by atoms with Gasteiger partial charge in [-0.25, -0.2) is 0 Å². The zero-order chi connectivity index (χ0) is 8.55. The molecule has 0 atom stereocenters. The second kappa shape index (κ2) is 3.22. The molecule has 0 bridgehead atoms. The van der Waals surface area contributed by atoms with Crippen LogP contribution in [0.5, 0.6) is 0 Å². The van der Waals surface area contributed by atoms with Crippen LogP contribution in [-0.4, -0.2) is 0 Å². The van der Waals surface area contributed by atoms with Gasteiger partial charge in [0.1, 0.15) is 0 Å². The molecule has 0 saturated heterocycles. The number of halogens is 1. The van der Waals surface area contributed by atoms with Crippen LogP contribution >= 0.6 is 34.2 Å². The number of thiophene rings is 1. The van der Waals surface area contributed by atoms with Crippen LogP contribution < -0.4 is 3.53 Å². The maximum Gasteiger partial charge on any atom is 0.0560 e. The highest BCUT2D eigenvalue weighted by molar-refractivity contribution is 14.1. The predicted octanol–water partition coefficient (Wildman–Crippen LogP) is 3.97. The molecule has 0 fully saturated rings. The van der Waals surface area contributed by atoms with Gasteiger partial charge in [-0.3, -0.25) is 0 Å². The van der Waals surface area contributed by atoms with Gasteiger partial charge >= 0.3 is 0 Å². The molecule has 0 aliphatic heterocycles. The molecule has 0 spiro atoms. The number of fused-ring (bicyclic) bond motifs is 1. The van der Waals surface area contributed by atoms with Crippen molar-refractivity contribution < 1.29 is 0 Å². The van der Waals surface area contributed by atoms with Crippen LogP contribution in [0.4, 0.5) is 5.69 Å². The highest BCUT2D eigenvalue weighted by atomic mass is 127. The number of nitrogens with one attached hydrogen (secondary N) is 1. The highest BCUT2D eigenvalue weighted by Crippen LogP contribution is 2.31. The first-order chi connectivity index (χ1) is 5.81. The molecule has 0 aliphatic rings. The van der Waals surface area contributed by atoms with Crippen molar-refractivity contribution in [2.24, 2.45) is 0 Å². The van der Waals surface area contributed by atoms with E-state index in [1.165, 1.54) is 20.7 Å². The first kappa shape index (κ1) is 8.31. The molecular formula is C9H8INS. The normalized spacial score (nSPS) is 10.5. The van der Waals surface area contributed by atoms with E-state index in [9.17, 15) is 0 Å². The number of benzene rings is 1. The molecule has 0 aliphatic carbocycles. The van der Waals surface area contributed by atoms with Crippen LogP contribution in [0.1, 0.15) is 4.88 Å². The maximum atomic E-state index is 3.16. The highest BCUT2D eigenvalue weighted by Gasteiger charge is 2.01. The second-order valence-electron chi connectivity index (χ2n) is 2.67. The van der Waals surface area contributed by atoms with Gasteiger partial charge in [-0.05, 0) is 25.1 Å². The summed E-state index contributed by atoms with van der Waals surface area (Å²) in [7, 11) is 0. The fraction of sp³-hybridized carbons (Fsp3) is 0.111. The lowest BCUT2D eigenvalue weighted by atomic mass is 10.2. The van der Waals surface area contributed by atoms with Crippen LogP contribution in [0.2, 0.25) is 0 Å². The van der Waals surface area contributed by atoms with Crippen molar-refractivity contribution >= 4 is 50.0 Å². The van der Waals surface area contributed by atoms with E-state index in [1.807, 2.05) is 11.3 Å². The van der Waals surface area contributed by atoms with Crippen molar-refractivity contribution in [2.45, 2.75) is 6.92 Å². The summed E-state index contributed by atoms with van der Waals surface area (Å²) in [5.74, 6) is 0. The first-order valence-electron chi connectivity index (χ1n) is 3.67. The van der Waals surface area contributed by atoms with E-state index in [0.717, 1.165) is 0 Å². The smallest absolute Gasteiger partial charge is 0.0560 e. The molecule has 0 saturated carbocycles. The summed E-state index contributed by atoms with van der Waals surface area (Å²) in [6.45, 7) is 2.14. The Kier molecular flexibility index (Phi) is 2.23. The summed E-state index contributed by atoms with van der Waals surface area (Å²) in [5, 5.41) is 1.33. The molecule has 3 heteroatoms. The van der Waals surface area contributed by atoms with Gasteiger partial charge in [0.25, 0.3) is 0 Å². The molecule has 0 amide bonds. The van der Waals surface area contributed by atoms with E-state index in [-0.39, 0.29) is 0 Å². The van der Waals surface area contributed by atoms with Crippen molar-refractivity contribution in [3.8, 4) is 0 Å². The van der Waals surface area contributed by atoms with Gasteiger partial charge in [-0.15, -0.1) is 11.3 Å². The SMILES string of the molecule is Cc1cc2c(NI)cccc2s1. The van der Waals surface area contributed by atoms with Crippen molar-refractivity contribution in [2.75, 3.05) is 3.53 Å². The minimum atomic E-state index is 1.21. The molecular weight excluding hydrogens is 281 g/mol. The molecule has 1 N–H and O–H groups in total. The van der Waals surface area contributed by atoms with Gasteiger partial charge in [-0.1, -0.05) is 6.07 Å². The summed E-state index contributed by atoms with van der Waals surface area (Å²) in [6.07, 6.45) is 0. The number of anilines is 1. The van der Waals surface area contributed by atoms with Crippen LogP contribution in [0, 0.1) is 6.92 Å². The van der Waals surface area contributed by atoms with E-state index < -0.39 is 0 Å². The molecule has 1 nitrogen and oxygen atoms in total. The van der Waals surface area contributed by atoms with Crippen LogP contribution in [0.25, 0.3) is 10.1 Å². The number of rotatable bonds is 1. The second-order valence-corrected chi connectivity index (χ2v) is 4.50. The fourth-order valence-corrected chi connectivity index (χ4v) is 2.69. The quantitative estimate of drug-likeness (QED) is 0.618. The summed E-state index contributed by atoms with van der Waals surface area (Å²) in [4.78, 5) is 1.36. The summed E-state index contributed by atoms with van der Waals surface area (Å²) in [5.41, 5.74) is 1.21. The molecule has 12 heavy (non-hydrogen) atoms. The summed E-state index contributed by atoms with van der Waals surface area (Å²) >= 11 is 4.00. The monoisotopic (exact) mass is 289 g/mol. The number of hydrogen-bond acceptors (Lipinski definition) is 2. The van der Waals surface area contributed by atoms with Gasteiger partial charge in [-0.2, -0.15) is 0 Å². The van der Waals surface area contributed by atoms with Crippen LogP contribution in [-0.2, 0) is 0 Å². The molecule has 0 unspecified atom stereocenters. The van der Waals surface area contributed by atoms with Gasteiger partial charge in [0.05, 0.1) is 28.6 Å². The molecule has 1 aromatic heterocycles. The van der Waals surface area contributed by atoms with Crippen molar-refractivity contribution in [3.05, 3.63) is 29.1 Å². The molecule has 0 radical (unpaired) electrons. The van der Waals surface area contributed by atoms with Gasteiger partial charge in [0, 0.05) is 15.0 Å². The summed E-state index contributed by atoms with van der Waals surface area (Å²) < 4.78 is 4.52. The van der Waals surface area contributed by atoms with Crippen molar-refractivity contribution in [3.63, 3.8) is 0 Å². The number of hydrogen-bond donors (Lipinski definition) is 1. The molecule has 2 rings (SSSR count). The Morgan fingerprint density at radius 1 is 1.42 bits per heavy atom. The standard InChI is InChI=1S/C9H8INS/c1-6-5-7-8(11-10)3-2-4-9(7)12-6/h2-5,11H,1H3. The third-order valence-electron chi connectivity index (χ3n) is 1.79. The topological polar surface area (TPSA) is 12.0 Å². The molecule has 2 aromatic rings. The Labute approximate surface area is 89.3 Å². The number of aryl methyl sites for hydroxylation is 1. The Bertz CT molecular complexity index is 408. The van der Waals surface area contributed by atoms with E-state index in [0.29, 0.717) is 0 Å². The average molecular weight is 289 g/mol. The zero-order valence-corrected chi connectivity index (χ0v) is 9.57. The first-order valence-corrected chi connectivity index (χ1v) is 5.56. The molecule has 1 aromatic carbocycles. The Morgan fingerprint density at radius 2 is 2.25 bits per heavy atom. The van der Waals surface area contributed by atoms with Crippen molar-refractivity contribution in [1.29, 1.82) is 0 Å². The van der Waals surface area contributed by atoms with Crippen molar-refractivity contribution in [1.82, 2.24) is 0 Å². The molecule has 1 heterocycles.